The Morgan fingerprint density at radius 2 is 1.68 bits per heavy atom. The fourth-order valence-electron chi connectivity index (χ4n) is 10.5. The summed E-state index contributed by atoms with van der Waals surface area (Å²) >= 11 is 9.89. The van der Waals surface area contributed by atoms with Gasteiger partial charge in [0.05, 0.1) is 48.8 Å². The molecule has 2 saturated heterocycles. The number of halogens is 2. The Balaban J connectivity index is 1.03. The van der Waals surface area contributed by atoms with Crippen LogP contribution >= 0.6 is 27.5 Å². The molecule has 2 aromatic carbocycles. The summed E-state index contributed by atoms with van der Waals surface area (Å²) in [6.45, 7) is 6.12. The second-order valence-electron chi connectivity index (χ2n) is 23.0. The van der Waals surface area contributed by atoms with Crippen molar-refractivity contribution >= 4 is 92.9 Å². The van der Waals surface area contributed by atoms with Gasteiger partial charge in [-0.2, -0.15) is 0 Å². The molecule has 26 nitrogen and oxygen atoms in total. The zero-order valence-corrected chi connectivity index (χ0v) is 54.9. The fraction of sp³-hybridized carbons (Fsp3) is 0.565. The fourth-order valence-corrected chi connectivity index (χ4v) is 11.0. The summed E-state index contributed by atoms with van der Waals surface area (Å²) in [6, 6.07) is 6.56. The molecule has 6 rings (SSSR count). The molecule has 2 fully saturated rings. The van der Waals surface area contributed by atoms with E-state index in [1.807, 2.05) is 25.2 Å². The van der Waals surface area contributed by atoms with Gasteiger partial charge in [-0.15, -0.1) is 0 Å². The van der Waals surface area contributed by atoms with E-state index in [-0.39, 0.29) is 85.8 Å². The molecule has 0 spiro atoms. The van der Waals surface area contributed by atoms with Crippen molar-refractivity contribution < 1.29 is 86.2 Å². The molecule has 90 heavy (non-hydrogen) atoms. The van der Waals surface area contributed by atoms with Crippen LogP contribution < -0.4 is 35.6 Å². The Morgan fingerprint density at radius 1 is 0.956 bits per heavy atom. The molecule has 8 amide bonds. The number of amides is 8. The van der Waals surface area contributed by atoms with E-state index in [2.05, 4.69) is 37.2 Å². The van der Waals surface area contributed by atoms with Crippen LogP contribution in [-0.4, -0.2) is 196 Å². The van der Waals surface area contributed by atoms with Crippen LogP contribution in [0.5, 0.6) is 11.5 Å². The first-order valence-electron chi connectivity index (χ1n) is 29.7. The summed E-state index contributed by atoms with van der Waals surface area (Å²) in [7, 11) is 8.63. The van der Waals surface area contributed by atoms with Gasteiger partial charge in [-0.05, 0) is 81.8 Å². The molecular weight excluding hydrogens is 1260 g/mol. The van der Waals surface area contributed by atoms with Gasteiger partial charge in [-0.1, -0.05) is 89.3 Å². The van der Waals surface area contributed by atoms with Crippen LogP contribution in [0.3, 0.4) is 0 Å². The molecule has 4 aliphatic rings. The third-order valence-corrected chi connectivity index (χ3v) is 17.1. The van der Waals surface area contributed by atoms with Crippen molar-refractivity contribution in [2.75, 3.05) is 84.2 Å². The van der Waals surface area contributed by atoms with E-state index >= 15 is 0 Å². The van der Waals surface area contributed by atoms with E-state index < -0.39 is 102 Å². The first-order valence-corrected chi connectivity index (χ1v) is 31.2. The van der Waals surface area contributed by atoms with Crippen LogP contribution in [0.2, 0.25) is 5.02 Å². The predicted molar refractivity (Wildman–Crippen MR) is 334 cm³/mol. The molecule has 494 valence electrons. The quantitative estimate of drug-likeness (QED) is 0.0291. The molecule has 2 unspecified atom stereocenters. The second-order valence-corrected chi connectivity index (χ2v) is 23.9. The number of rotatable bonds is 20. The topological polar surface area (TPSA) is 312 Å². The molecule has 2 aromatic rings. The summed E-state index contributed by atoms with van der Waals surface area (Å²) in [6.07, 6.45) is 6.03. The molecule has 3 heterocycles. The molecule has 3 aliphatic heterocycles. The number of epoxide rings is 1. The number of esters is 1. The Kier molecular flexibility index (Phi) is 26.3. The lowest BCUT2D eigenvalue weighted by molar-refractivity contribution is -0.162. The number of nitrogens with zero attached hydrogens (tertiary/aromatic N) is 4. The number of anilines is 2. The number of methoxy groups -OCH3 is 2. The molecule has 0 aromatic heterocycles. The van der Waals surface area contributed by atoms with Gasteiger partial charge >= 0.3 is 30.3 Å². The van der Waals surface area contributed by atoms with E-state index in [1.54, 1.807) is 44.2 Å². The van der Waals surface area contributed by atoms with Gasteiger partial charge in [0, 0.05) is 73.7 Å². The standard InChI is InChI=1S/C62H84BrClN8O18/c1-37-17-16-20-48(84-10)62(82)34-47(88-58(79)68-62)38(2)55-61(4,90-55)49(33-53(76)72(8)44-31-41(29-37)32-46(83-9)54(44)64)89-56(77)39(3)71(7)52(75)24-28-85-59(80)69(5)26-27-70(6)60(81)86-36-40-21-22-45(43(30-40)67-50(73)23-25-65-51(74)35-63)87-57(78)66-42-18-14-12-11-13-15-19-42/h14,16-18,20-22,30-32,38-39,42,47-49,55,82H,11-13,15,19,23-29,33-36H2,1-10H3,(H,65,74)(H,66,78)(H,67,73)(H,68,79)/b18-14+,20-16+,37-17+/t38-,39+,42?,47+,48-,49+,55?,61+,62+/m1/s1. The lowest BCUT2D eigenvalue weighted by atomic mass is 9.83. The van der Waals surface area contributed by atoms with E-state index in [0.717, 1.165) is 48.1 Å². The Morgan fingerprint density at radius 3 is 2.38 bits per heavy atom. The van der Waals surface area contributed by atoms with Crippen molar-refractivity contribution in [3.8, 4) is 11.5 Å². The van der Waals surface area contributed by atoms with Crippen LogP contribution in [0.4, 0.5) is 30.6 Å². The van der Waals surface area contributed by atoms with Crippen LogP contribution in [-0.2, 0) is 65.4 Å². The lowest BCUT2D eigenvalue weighted by Crippen LogP contribution is -2.63. The number of hydrogen-bond donors (Lipinski definition) is 5. The van der Waals surface area contributed by atoms with Gasteiger partial charge in [0.1, 0.15) is 53.9 Å². The number of hydrogen-bond acceptors (Lipinski definition) is 18. The molecule has 28 heteroatoms. The average Bonchev–Trinajstić information content (AvgIpc) is 1.57. The first kappa shape index (κ1) is 71.6. The number of ether oxygens (including phenoxy) is 8. The lowest BCUT2D eigenvalue weighted by Gasteiger charge is -2.42. The van der Waals surface area contributed by atoms with E-state index in [1.165, 1.54) is 76.2 Å². The summed E-state index contributed by atoms with van der Waals surface area (Å²) in [5.74, 6) is -3.08. The molecular formula is C62H84BrClN8O18. The van der Waals surface area contributed by atoms with E-state index in [9.17, 15) is 48.3 Å². The van der Waals surface area contributed by atoms with Gasteiger partial charge in [-0.25, -0.2) is 24.0 Å². The minimum Gasteiger partial charge on any atom is -0.495 e. The zero-order valence-electron chi connectivity index (χ0n) is 52.6. The monoisotopic (exact) mass is 1340 g/mol. The molecule has 5 N–H and O–H groups in total. The maximum absolute atomic E-state index is 14.4. The maximum Gasteiger partial charge on any atom is 0.413 e. The molecule has 1 aliphatic carbocycles. The van der Waals surface area contributed by atoms with Crippen molar-refractivity contribution in [2.45, 2.75) is 146 Å². The Bertz CT molecular complexity index is 3040. The number of alkyl carbamates (subject to hydrolysis) is 1. The van der Waals surface area contributed by atoms with E-state index in [0.29, 0.717) is 23.4 Å². The number of benzene rings is 2. The third-order valence-electron chi connectivity index (χ3n) is 16.2. The van der Waals surface area contributed by atoms with Gasteiger partial charge in [0.2, 0.25) is 23.6 Å². The Labute approximate surface area is 537 Å². The van der Waals surface area contributed by atoms with Crippen molar-refractivity contribution in [1.29, 1.82) is 0 Å². The van der Waals surface area contributed by atoms with Crippen molar-refractivity contribution in [2.24, 2.45) is 5.92 Å². The maximum atomic E-state index is 14.4. The highest BCUT2D eigenvalue weighted by Gasteiger charge is 2.64. The average molecular weight is 1340 g/mol. The summed E-state index contributed by atoms with van der Waals surface area (Å²) in [5.41, 5.74) is -0.767. The highest BCUT2D eigenvalue weighted by Crippen LogP contribution is 2.49. The molecule has 0 saturated carbocycles. The number of nitrogens with one attached hydrogen (secondary N) is 4. The van der Waals surface area contributed by atoms with Crippen LogP contribution in [0.15, 0.2) is 66.3 Å². The molecule has 9 atom stereocenters. The smallest absolute Gasteiger partial charge is 0.413 e. The summed E-state index contributed by atoms with van der Waals surface area (Å²) in [4.78, 5) is 124. The van der Waals surface area contributed by atoms with E-state index in [4.69, 9.17) is 49.5 Å². The normalized spacial score (nSPS) is 25.0. The highest BCUT2D eigenvalue weighted by atomic mass is 79.9. The number of fused-ring (bicyclic) bond motifs is 5. The SMILES string of the molecule is COc1cc2cc(c1Cl)N(C)C(=O)C[C@H](OC(=O)[C@H](C)N(C)C(=O)CCOC(=O)N(C)CCN(C)C(=O)OCc1ccc(OC(=O)NC3/C=C/CCCCC3)c(NC(=O)CCNC(=O)CBr)c1)[C@]1(C)OC1[C@H](C)[C@@H]1C[C@@](O)(NC(=O)O1)[C@H](OC)/C=C/C=C(\C)C2. The molecule has 4 bridgehead atoms. The zero-order chi connectivity index (χ0) is 66.0. The van der Waals surface area contributed by atoms with Gasteiger partial charge < -0.3 is 78.6 Å². The minimum atomic E-state index is -1.91. The van der Waals surface area contributed by atoms with Gasteiger partial charge in [0.25, 0.3) is 0 Å². The number of carbonyl (C=O) groups is 9. The van der Waals surface area contributed by atoms with Crippen molar-refractivity contribution in [1.82, 2.24) is 30.7 Å². The largest absolute Gasteiger partial charge is 0.495 e. The number of likely N-dealkylation sites (N-methyl/N-ethyl adjacent to an activating group) is 3. The Hall–Kier alpha value is -7.46. The summed E-state index contributed by atoms with van der Waals surface area (Å²) in [5, 5.41) is 22.8. The van der Waals surface area contributed by atoms with Crippen LogP contribution in [0, 0.1) is 5.92 Å². The highest BCUT2D eigenvalue weighted by molar-refractivity contribution is 9.09. The number of aliphatic hydroxyl groups is 1. The number of allylic oxidation sites excluding steroid dienone is 4. The predicted octanol–water partition coefficient (Wildman–Crippen LogP) is 7.06. The number of carbonyl (C=O) groups excluding carboxylic acids is 9. The van der Waals surface area contributed by atoms with Crippen molar-refractivity contribution in [3.63, 3.8) is 0 Å². The first-order chi connectivity index (χ1) is 42.7. The van der Waals surface area contributed by atoms with Gasteiger partial charge in [-0.3, -0.25) is 24.5 Å². The molecule has 0 radical (unpaired) electrons. The second kappa shape index (κ2) is 33.0. The summed E-state index contributed by atoms with van der Waals surface area (Å²) < 4.78 is 46.0. The minimum absolute atomic E-state index is 0.00193. The van der Waals surface area contributed by atoms with Crippen LogP contribution in [0.25, 0.3) is 0 Å². The third kappa shape index (κ3) is 19.8. The number of alkyl halides is 1. The van der Waals surface area contributed by atoms with Gasteiger partial charge in [0.15, 0.2) is 11.5 Å². The van der Waals surface area contributed by atoms with Crippen LogP contribution in [0.1, 0.15) is 96.6 Å². The van der Waals surface area contributed by atoms with Crippen molar-refractivity contribution in [3.05, 3.63) is 82.4 Å².